The van der Waals surface area contributed by atoms with Crippen LogP contribution < -0.4 is 5.32 Å². The van der Waals surface area contributed by atoms with Gasteiger partial charge in [-0.1, -0.05) is 55.8 Å². The summed E-state index contributed by atoms with van der Waals surface area (Å²) in [7, 11) is 0. The van der Waals surface area contributed by atoms with E-state index in [2.05, 4.69) is 31.4 Å². The maximum Gasteiger partial charge on any atom is 0.322 e. The number of amides is 1. The van der Waals surface area contributed by atoms with Gasteiger partial charge >= 0.3 is 6.01 Å². The van der Waals surface area contributed by atoms with Crippen molar-refractivity contribution in [3.05, 3.63) is 48.0 Å². The summed E-state index contributed by atoms with van der Waals surface area (Å²) >= 11 is 22.4. The Kier molecular flexibility index (Phi) is 4.93. The summed E-state index contributed by atoms with van der Waals surface area (Å²) in [6, 6.07) is 6.46. The molecule has 3 rings (SSSR count). The molecule has 0 spiro atoms. The number of hydrogen-bond donors (Lipinski definition) is 1. The minimum Gasteiger partial charge on any atom is -0.403 e. The molecule has 0 fully saturated rings. The fourth-order valence-electron chi connectivity index (χ4n) is 1.70. The zero-order chi connectivity index (χ0) is 16.6. The molecule has 1 N–H and O–H groups in total. The van der Waals surface area contributed by atoms with Crippen molar-refractivity contribution >= 4 is 74.0 Å². The molecule has 3 aromatic rings. The fourth-order valence-corrected chi connectivity index (χ4v) is 3.72. The predicted molar refractivity (Wildman–Crippen MR) is 94.7 cm³/mol. The molecule has 23 heavy (non-hydrogen) atoms. The second-order valence-corrected chi connectivity index (χ2v) is 7.84. The van der Waals surface area contributed by atoms with Crippen LogP contribution in [0.3, 0.4) is 0 Å². The van der Waals surface area contributed by atoms with Crippen molar-refractivity contribution in [2.75, 3.05) is 5.32 Å². The Morgan fingerprint density at radius 2 is 2.00 bits per heavy atom. The minimum atomic E-state index is -0.471. The van der Waals surface area contributed by atoms with Gasteiger partial charge in [0.1, 0.15) is 4.34 Å². The Bertz CT molecular complexity index is 896. The number of rotatable bonds is 3. The van der Waals surface area contributed by atoms with E-state index in [1.807, 2.05) is 0 Å². The molecule has 5 nitrogen and oxygen atoms in total. The highest BCUT2D eigenvalue weighted by Gasteiger charge is 2.18. The Labute approximate surface area is 157 Å². The van der Waals surface area contributed by atoms with Gasteiger partial charge in [-0.25, -0.2) is 0 Å². The molecule has 118 valence electrons. The van der Waals surface area contributed by atoms with Crippen molar-refractivity contribution < 1.29 is 9.21 Å². The van der Waals surface area contributed by atoms with Crippen LogP contribution in [-0.2, 0) is 0 Å². The predicted octanol–water partition coefficient (Wildman–Crippen LogP) is 5.77. The van der Waals surface area contributed by atoms with E-state index in [0.29, 0.717) is 19.3 Å². The van der Waals surface area contributed by atoms with Crippen LogP contribution in [-0.4, -0.2) is 16.1 Å². The highest BCUT2D eigenvalue weighted by atomic mass is 79.9. The highest BCUT2D eigenvalue weighted by molar-refractivity contribution is 9.10. The summed E-state index contributed by atoms with van der Waals surface area (Å²) in [5, 5.41) is 10.4. The van der Waals surface area contributed by atoms with Gasteiger partial charge in [-0.05, 0) is 24.3 Å². The molecule has 0 aliphatic rings. The number of carbonyl (C=O) groups excluding carboxylic acids is 1. The summed E-state index contributed by atoms with van der Waals surface area (Å²) in [6.45, 7) is 0. The van der Waals surface area contributed by atoms with E-state index < -0.39 is 5.91 Å². The lowest BCUT2D eigenvalue weighted by Crippen LogP contribution is -2.12. The van der Waals surface area contributed by atoms with E-state index in [1.165, 1.54) is 11.3 Å². The first-order chi connectivity index (χ1) is 10.9. The number of hydrogen-bond acceptors (Lipinski definition) is 5. The van der Waals surface area contributed by atoms with Crippen molar-refractivity contribution in [3.8, 4) is 11.5 Å². The molecule has 2 aromatic heterocycles. The number of halogens is 4. The van der Waals surface area contributed by atoms with Gasteiger partial charge < -0.3 is 4.42 Å². The van der Waals surface area contributed by atoms with Crippen molar-refractivity contribution in [3.63, 3.8) is 0 Å². The summed E-state index contributed by atoms with van der Waals surface area (Å²) in [6.07, 6.45) is 0. The Hall–Kier alpha value is -1.12. The lowest BCUT2D eigenvalue weighted by atomic mass is 10.2. The van der Waals surface area contributed by atoms with Gasteiger partial charge in [-0.3, -0.25) is 10.1 Å². The van der Waals surface area contributed by atoms with E-state index in [-0.39, 0.29) is 17.5 Å². The SMILES string of the molecule is O=C(Nc1nnc(-c2cc(Cl)sc2Cl)o1)c1cc(Br)ccc1Cl. The standard InChI is InChI=1S/C13H5BrCl3N3O2S/c14-5-1-2-8(15)6(3-5)11(21)18-13-20-19-12(22-13)7-4-9(16)23-10(7)17/h1-4H,(H,18,20,21). The average molecular weight is 454 g/mol. The number of anilines is 1. The van der Waals surface area contributed by atoms with Crippen molar-refractivity contribution in [1.82, 2.24) is 10.2 Å². The third-order valence-electron chi connectivity index (χ3n) is 2.71. The molecule has 0 saturated heterocycles. The van der Waals surface area contributed by atoms with E-state index in [9.17, 15) is 4.79 Å². The Morgan fingerprint density at radius 1 is 1.22 bits per heavy atom. The van der Waals surface area contributed by atoms with E-state index in [1.54, 1.807) is 24.3 Å². The lowest BCUT2D eigenvalue weighted by molar-refractivity contribution is 0.102. The number of carbonyl (C=O) groups is 1. The molecule has 0 saturated carbocycles. The summed E-state index contributed by atoms with van der Waals surface area (Å²) in [4.78, 5) is 12.2. The van der Waals surface area contributed by atoms with Crippen LogP contribution in [0.5, 0.6) is 0 Å². The molecule has 0 atom stereocenters. The van der Waals surface area contributed by atoms with Gasteiger partial charge in [0.15, 0.2) is 0 Å². The van der Waals surface area contributed by atoms with Crippen LogP contribution in [0, 0.1) is 0 Å². The van der Waals surface area contributed by atoms with Gasteiger partial charge in [0, 0.05) is 4.47 Å². The number of nitrogens with one attached hydrogen (secondary N) is 1. The van der Waals surface area contributed by atoms with Gasteiger partial charge in [0.25, 0.3) is 11.8 Å². The molecule has 0 aliphatic heterocycles. The van der Waals surface area contributed by atoms with Gasteiger partial charge in [-0.2, -0.15) is 0 Å². The number of benzene rings is 1. The zero-order valence-corrected chi connectivity index (χ0v) is 15.6. The molecular formula is C13H5BrCl3N3O2S. The van der Waals surface area contributed by atoms with Crippen LogP contribution in [0.1, 0.15) is 10.4 Å². The number of aromatic nitrogens is 2. The molecule has 1 amide bonds. The third-order valence-corrected chi connectivity index (χ3v) is 5.02. The number of thiophene rings is 1. The topological polar surface area (TPSA) is 68.0 Å². The molecule has 0 bridgehead atoms. The van der Waals surface area contributed by atoms with Crippen LogP contribution in [0.25, 0.3) is 11.5 Å². The van der Waals surface area contributed by atoms with Crippen molar-refractivity contribution in [2.45, 2.75) is 0 Å². The average Bonchev–Trinajstić information content (AvgIpc) is 3.07. The summed E-state index contributed by atoms with van der Waals surface area (Å²) in [5.41, 5.74) is 0.785. The Balaban J connectivity index is 1.83. The minimum absolute atomic E-state index is 0.0700. The van der Waals surface area contributed by atoms with Gasteiger partial charge in [-0.15, -0.1) is 16.4 Å². The summed E-state index contributed by atoms with van der Waals surface area (Å²) in [5.74, 6) is -0.310. The summed E-state index contributed by atoms with van der Waals surface area (Å²) < 4.78 is 7.02. The quantitative estimate of drug-likeness (QED) is 0.546. The van der Waals surface area contributed by atoms with Crippen molar-refractivity contribution in [2.24, 2.45) is 0 Å². The maximum absolute atomic E-state index is 12.2. The molecule has 0 aliphatic carbocycles. The first-order valence-corrected chi connectivity index (χ1v) is 8.73. The van der Waals surface area contributed by atoms with E-state index >= 15 is 0 Å². The van der Waals surface area contributed by atoms with Crippen LogP contribution in [0.2, 0.25) is 13.7 Å². The Morgan fingerprint density at radius 3 is 2.70 bits per heavy atom. The number of nitrogens with zero attached hydrogens (tertiary/aromatic N) is 2. The monoisotopic (exact) mass is 451 g/mol. The molecule has 0 unspecified atom stereocenters. The van der Waals surface area contributed by atoms with E-state index in [4.69, 9.17) is 39.2 Å². The molecule has 0 radical (unpaired) electrons. The molecule has 2 heterocycles. The second kappa shape index (κ2) is 6.78. The normalized spacial score (nSPS) is 10.8. The van der Waals surface area contributed by atoms with Crippen molar-refractivity contribution in [1.29, 1.82) is 0 Å². The first-order valence-electron chi connectivity index (χ1n) is 5.99. The highest BCUT2D eigenvalue weighted by Crippen LogP contribution is 2.37. The van der Waals surface area contributed by atoms with Crippen LogP contribution in [0.15, 0.2) is 33.2 Å². The lowest BCUT2D eigenvalue weighted by Gasteiger charge is -2.03. The van der Waals surface area contributed by atoms with Gasteiger partial charge in [0.05, 0.1) is 20.5 Å². The third kappa shape index (κ3) is 3.70. The van der Waals surface area contributed by atoms with Crippen LogP contribution >= 0.6 is 62.1 Å². The second-order valence-electron chi connectivity index (χ2n) is 4.23. The maximum atomic E-state index is 12.2. The fraction of sp³-hybridized carbons (Fsp3) is 0. The molecule has 1 aromatic carbocycles. The largest absolute Gasteiger partial charge is 0.403 e. The molecule has 10 heteroatoms. The molecular weight excluding hydrogens is 448 g/mol. The smallest absolute Gasteiger partial charge is 0.322 e. The van der Waals surface area contributed by atoms with E-state index in [0.717, 1.165) is 4.47 Å². The van der Waals surface area contributed by atoms with Gasteiger partial charge in [0.2, 0.25) is 0 Å². The first kappa shape index (κ1) is 16.7. The van der Waals surface area contributed by atoms with Crippen LogP contribution in [0.4, 0.5) is 6.01 Å². The zero-order valence-electron chi connectivity index (χ0n) is 10.9.